The highest BCUT2D eigenvalue weighted by molar-refractivity contribution is 7.89. The lowest BCUT2D eigenvalue weighted by Gasteiger charge is -2.44. The first-order chi connectivity index (χ1) is 21.1. The zero-order chi connectivity index (χ0) is 31.0. The van der Waals surface area contributed by atoms with Crippen molar-refractivity contribution in [3.05, 3.63) is 58.6 Å². The van der Waals surface area contributed by atoms with Gasteiger partial charge in [0.05, 0.1) is 37.5 Å². The number of sulfonamides is 1. The largest absolute Gasteiger partial charge is 0.477 e. The van der Waals surface area contributed by atoms with Crippen molar-refractivity contribution < 1.29 is 27.9 Å². The molecule has 4 heterocycles. The fourth-order valence-corrected chi connectivity index (χ4v) is 9.00. The van der Waals surface area contributed by atoms with Crippen molar-refractivity contribution in [3.63, 3.8) is 0 Å². The first-order valence-corrected chi connectivity index (χ1v) is 17.5. The number of hydrogen-bond donors (Lipinski definition) is 1. The number of hydrogen-bond acceptors (Lipinski definition) is 8. The van der Waals surface area contributed by atoms with Gasteiger partial charge in [-0.3, -0.25) is 4.79 Å². The Hall–Kier alpha value is -3.03. The van der Waals surface area contributed by atoms with Crippen LogP contribution >= 0.6 is 22.9 Å². The maximum absolute atomic E-state index is 14.0. The van der Waals surface area contributed by atoms with E-state index in [1.807, 2.05) is 19.1 Å². The van der Waals surface area contributed by atoms with Gasteiger partial charge in [-0.05, 0) is 61.6 Å². The Morgan fingerprint density at radius 3 is 2.52 bits per heavy atom. The van der Waals surface area contributed by atoms with Crippen molar-refractivity contribution in [2.24, 2.45) is 5.92 Å². The number of carboxylic acid groups (broad SMARTS) is 1. The third-order valence-electron chi connectivity index (χ3n) is 8.81. The Kier molecular flexibility index (Phi) is 8.98. The second-order valence-electron chi connectivity index (χ2n) is 11.6. The quantitative estimate of drug-likeness (QED) is 0.360. The second kappa shape index (κ2) is 12.8. The number of aromatic carboxylic acids is 1. The predicted molar refractivity (Wildman–Crippen MR) is 170 cm³/mol. The van der Waals surface area contributed by atoms with Crippen molar-refractivity contribution in [3.8, 4) is 10.4 Å². The third-order valence-corrected chi connectivity index (χ3v) is 12.0. The van der Waals surface area contributed by atoms with Crippen LogP contribution in [0.2, 0.25) is 5.02 Å². The summed E-state index contributed by atoms with van der Waals surface area (Å²) in [6.07, 6.45) is 6.08. The van der Waals surface area contributed by atoms with Gasteiger partial charge in [0.25, 0.3) is 0 Å². The van der Waals surface area contributed by atoms with E-state index in [9.17, 15) is 23.1 Å². The monoisotopic (exact) mass is 658 g/mol. The number of piperazine rings is 1. The van der Waals surface area contributed by atoms with E-state index in [1.54, 1.807) is 35.2 Å². The highest BCUT2D eigenvalue weighted by atomic mass is 35.5. The molecule has 44 heavy (non-hydrogen) atoms. The van der Waals surface area contributed by atoms with Gasteiger partial charge in [0, 0.05) is 29.2 Å². The van der Waals surface area contributed by atoms with Gasteiger partial charge < -0.3 is 19.6 Å². The maximum atomic E-state index is 14.0. The molecule has 3 aliphatic rings. The van der Waals surface area contributed by atoms with Gasteiger partial charge >= 0.3 is 5.97 Å². The Morgan fingerprint density at radius 1 is 1.11 bits per heavy atom. The van der Waals surface area contributed by atoms with E-state index in [2.05, 4.69) is 9.88 Å². The van der Waals surface area contributed by atoms with Crippen LogP contribution in [0.4, 0.5) is 11.5 Å². The maximum Gasteiger partial charge on any atom is 0.348 e. The summed E-state index contributed by atoms with van der Waals surface area (Å²) in [5, 5.41) is 10.7. The van der Waals surface area contributed by atoms with Crippen LogP contribution in [0.1, 0.15) is 48.7 Å². The van der Waals surface area contributed by atoms with E-state index in [1.165, 1.54) is 10.5 Å². The van der Waals surface area contributed by atoms with Crippen LogP contribution in [0.5, 0.6) is 0 Å². The van der Waals surface area contributed by atoms with E-state index < -0.39 is 27.9 Å². The Balaban J connectivity index is 1.32. The number of aromatic nitrogens is 1. The van der Waals surface area contributed by atoms with Gasteiger partial charge in [0.2, 0.25) is 15.9 Å². The lowest BCUT2D eigenvalue weighted by molar-refractivity contribution is -0.121. The fraction of sp³-hybridized carbons (Fsp3) is 0.452. The number of anilines is 2. The Labute approximate surface area is 266 Å². The smallest absolute Gasteiger partial charge is 0.348 e. The van der Waals surface area contributed by atoms with Crippen LogP contribution in [-0.4, -0.2) is 79.6 Å². The summed E-state index contributed by atoms with van der Waals surface area (Å²) >= 11 is 7.17. The van der Waals surface area contributed by atoms with Gasteiger partial charge in [0.15, 0.2) is 0 Å². The van der Waals surface area contributed by atoms with Crippen molar-refractivity contribution >= 4 is 56.3 Å². The summed E-state index contributed by atoms with van der Waals surface area (Å²) in [6, 6.07) is 11.7. The van der Waals surface area contributed by atoms with Crippen molar-refractivity contribution in [1.82, 2.24) is 9.29 Å². The number of carbonyl (C=O) groups is 2. The third kappa shape index (κ3) is 6.10. The highest BCUT2D eigenvalue weighted by Gasteiger charge is 2.44. The van der Waals surface area contributed by atoms with Crippen molar-refractivity contribution in [2.45, 2.75) is 56.0 Å². The minimum Gasteiger partial charge on any atom is -0.477 e. The van der Waals surface area contributed by atoms with Crippen LogP contribution < -0.4 is 9.80 Å². The van der Waals surface area contributed by atoms with Gasteiger partial charge in [-0.1, -0.05) is 43.0 Å². The van der Waals surface area contributed by atoms with E-state index >= 15 is 0 Å². The molecular weight excluding hydrogens is 624 g/mol. The number of pyridine rings is 1. The minimum atomic E-state index is -4.05. The molecule has 0 spiro atoms. The molecule has 6 rings (SSSR count). The average Bonchev–Trinajstić information content (AvgIpc) is 3.47. The number of benzene rings is 1. The molecule has 0 bridgehead atoms. The van der Waals surface area contributed by atoms with Crippen LogP contribution in [0.25, 0.3) is 10.4 Å². The molecule has 2 aliphatic heterocycles. The minimum absolute atomic E-state index is 0.0255. The Morgan fingerprint density at radius 2 is 1.86 bits per heavy atom. The number of ether oxygens (including phenoxy) is 1. The second-order valence-corrected chi connectivity index (χ2v) is 15.1. The number of carboxylic acids is 1. The Bertz CT molecular complexity index is 1620. The standard InChI is InChI=1S/C31H35ClN4O6S2/c1-20-19-42-14-13-35(20)28-12-11-24(16-33-28)44(40,41)34-17-26(21-5-3-2-4-6-21)36(29(37)18-34)25-15-27(43-30(25)31(38)39)22-7-9-23(32)10-8-22/h7-12,15-16,20-21,26H,2-6,13-14,17-19H2,1H3,(H,38,39)/t20-,26+/m1/s1. The fourth-order valence-electron chi connectivity index (χ4n) is 6.52. The molecule has 3 aromatic rings. The summed E-state index contributed by atoms with van der Waals surface area (Å²) < 4.78 is 34.6. The molecule has 1 amide bonds. The molecule has 234 valence electrons. The van der Waals surface area contributed by atoms with Crippen LogP contribution in [0.3, 0.4) is 0 Å². The van der Waals surface area contributed by atoms with Crippen molar-refractivity contribution in [1.29, 1.82) is 0 Å². The molecule has 0 unspecified atom stereocenters. The van der Waals surface area contributed by atoms with Gasteiger partial charge in [-0.2, -0.15) is 4.31 Å². The molecule has 1 aliphatic carbocycles. The topological polar surface area (TPSA) is 120 Å². The number of morpholine rings is 1. The van der Waals surface area contributed by atoms with E-state index in [0.717, 1.165) is 49.0 Å². The number of amides is 1. The van der Waals surface area contributed by atoms with Crippen LogP contribution in [0, 0.1) is 5.92 Å². The first-order valence-electron chi connectivity index (χ1n) is 14.9. The molecule has 3 fully saturated rings. The molecule has 1 saturated carbocycles. The SMILES string of the molecule is C[C@@H]1COCCN1c1ccc(S(=O)(=O)N2CC(=O)N(c3cc(-c4ccc(Cl)cc4)sc3C(=O)O)[C@H](C3CCCCC3)C2)cn1. The molecule has 1 N–H and O–H groups in total. The molecule has 2 aromatic heterocycles. The normalized spacial score (nSPS) is 22.4. The highest BCUT2D eigenvalue weighted by Crippen LogP contribution is 2.42. The molecule has 2 saturated heterocycles. The van der Waals surface area contributed by atoms with E-state index in [0.29, 0.717) is 41.2 Å². The molecule has 10 nitrogen and oxygen atoms in total. The molecule has 13 heteroatoms. The zero-order valence-electron chi connectivity index (χ0n) is 24.4. The van der Waals surface area contributed by atoms with Crippen molar-refractivity contribution in [2.75, 3.05) is 42.6 Å². The molecule has 1 aromatic carbocycles. The summed E-state index contributed by atoms with van der Waals surface area (Å²) in [4.78, 5) is 35.3. The van der Waals surface area contributed by atoms with Gasteiger partial charge in [-0.25, -0.2) is 18.2 Å². The van der Waals surface area contributed by atoms with Crippen LogP contribution in [0.15, 0.2) is 53.6 Å². The van der Waals surface area contributed by atoms with Crippen LogP contribution in [-0.2, 0) is 19.6 Å². The van der Waals surface area contributed by atoms with Gasteiger partial charge in [-0.15, -0.1) is 11.3 Å². The molecule has 2 atom stereocenters. The number of thiophene rings is 1. The zero-order valence-corrected chi connectivity index (χ0v) is 26.8. The number of nitrogens with zero attached hydrogens (tertiary/aromatic N) is 4. The lowest BCUT2D eigenvalue weighted by Crippen LogP contribution is -2.60. The number of carbonyl (C=O) groups excluding carboxylic acids is 1. The lowest BCUT2D eigenvalue weighted by atomic mass is 9.82. The summed E-state index contributed by atoms with van der Waals surface area (Å²) in [5.41, 5.74) is 1.11. The van der Waals surface area contributed by atoms with E-state index in [-0.39, 0.29) is 34.8 Å². The summed E-state index contributed by atoms with van der Waals surface area (Å²) in [7, 11) is -4.05. The summed E-state index contributed by atoms with van der Waals surface area (Å²) in [5.74, 6) is -0.855. The molecule has 0 radical (unpaired) electrons. The number of rotatable bonds is 7. The average molecular weight is 659 g/mol. The first kappa shape index (κ1) is 31.0. The summed E-state index contributed by atoms with van der Waals surface area (Å²) in [6.45, 7) is 3.54. The molecular formula is C31H35ClN4O6S2. The predicted octanol–water partition coefficient (Wildman–Crippen LogP) is 5.37. The number of halogens is 1. The van der Waals surface area contributed by atoms with E-state index in [4.69, 9.17) is 16.3 Å². The van der Waals surface area contributed by atoms with Gasteiger partial charge in [0.1, 0.15) is 15.6 Å².